The lowest BCUT2D eigenvalue weighted by Crippen LogP contribution is -2.20. The fourth-order valence-corrected chi connectivity index (χ4v) is 6.24. The number of likely N-dealkylation sites (tertiary alicyclic amines) is 1. The first-order chi connectivity index (χ1) is 15.6. The summed E-state index contributed by atoms with van der Waals surface area (Å²) in [5.74, 6) is 1.23. The molecule has 2 aliphatic carbocycles. The van der Waals surface area contributed by atoms with Crippen LogP contribution in [-0.2, 0) is 6.42 Å². The van der Waals surface area contributed by atoms with Gasteiger partial charge in [0.25, 0.3) is 0 Å². The highest BCUT2D eigenvalue weighted by molar-refractivity contribution is 5.24. The third-order valence-corrected chi connectivity index (χ3v) is 7.95. The maximum absolute atomic E-state index is 10.6. The number of aliphatic hydroxyl groups is 2. The van der Waals surface area contributed by atoms with Gasteiger partial charge < -0.3 is 15.1 Å². The van der Waals surface area contributed by atoms with Gasteiger partial charge in [-0.15, -0.1) is 0 Å². The van der Waals surface area contributed by atoms with E-state index in [1.54, 1.807) is 5.57 Å². The van der Waals surface area contributed by atoms with Crippen LogP contribution in [0.3, 0.4) is 0 Å². The van der Waals surface area contributed by atoms with Gasteiger partial charge in [0.1, 0.15) is 0 Å². The van der Waals surface area contributed by atoms with Gasteiger partial charge in [0.05, 0.1) is 12.2 Å². The Morgan fingerprint density at radius 1 is 1.12 bits per heavy atom. The second kappa shape index (κ2) is 11.6. The second-order valence-electron chi connectivity index (χ2n) is 10.6. The molecule has 4 rings (SSSR count). The molecule has 3 aliphatic rings. The van der Waals surface area contributed by atoms with Gasteiger partial charge in [-0.25, -0.2) is 0 Å². The van der Waals surface area contributed by atoms with Crippen LogP contribution in [-0.4, -0.2) is 47.0 Å². The number of benzene rings is 1. The van der Waals surface area contributed by atoms with E-state index in [4.69, 9.17) is 0 Å². The zero-order valence-electron chi connectivity index (χ0n) is 20.0. The Morgan fingerprint density at radius 3 is 2.75 bits per heavy atom. The molecule has 1 aliphatic heterocycles. The number of allylic oxidation sites excluding steroid dienone is 2. The molecule has 2 N–H and O–H groups in total. The molecule has 0 radical (unpaired) electrons. The Morgan fingerprint density at radius 2 is 1.94 bits per heavy atom. The van der Waals surface area contributed by atoms with Crippen LogP contribution >= 0.6 is 0 Å². The first kappa shape index (κ1) is 23.7. The van der Waals surface area contributed by atoms with Crippen LogP contribution in [0.25, 0.3) is 0 Å². The van der Waals surface area contributed by atoms with Gasteiger partial charge in [0, 0.05) is 12.3 Å². The summed E-state index contributed by atoms with van der Waals surface area (Å²) < 4.78 is 0. The van der Waals surface area contributed by atoms with Crippen LogP contribution in [0.5, 0.6) is 0 Å². The first-order valence-electron chi connectivity index (χ1n) is 13.1. The predicted molar refractivity (Wildman–Crippen MR) is 133 cm³/mol. The molecule has 0 bridgehead atoms. The molecule has 0 amide bonds. The highest BCUT2D eigenvalue weighted by Crippen LogP contribution is 2.48. The molecule has 0 unspecified atom stereocenters. The minimum absolute atomic E-state index is 0.182. The summed E-state index contributed by atoms with van der Waals surface area (Å²) in [5, 5.41) is 21.1. The molecule has 1 heterocycles. The SMILES string of the molecule is Cc1cccc(C[C@@H](O)/C=C/[C@@H]2[C@H]3CC(CCCCCCN4CCCC4)=C[C@H]3C[C@H]2O)c1. The first-order valence-corrected chi connectivity index (χ1v) is 13.1. The van der Waals surface area contributed by atoms with Gasteiger partial charge in [-0.3, -0.25) is 0 Å². The van der Waals surface area contributed by atoms with Crippen molar-refractivity contribution in [2.45, 2.75) is 83.3 Å². The maximum atomic E-state index is 10.6. The minimum atomic E-state index is -0.488. The molecule has 1 saturated carbocycles. The van der Waals surface area contributed by atoms with Crippen LogP contribution in [0.2, 0.25) is 0 Å². The van der Waals surface area contributed by atoms with Crippen molar-refractivity contribution in [2.75, 3.05) is 19.6 Å². The largest absolute Gasteiger partial charge is 0.392 e. The molecule has 1 aromatic carbocycles. The summed E-state index contributed by atoms with van der Waals surface area (Å²) >= 11 is 0. The molecular formula is C29H43NO2. The van der Waals surface area contributed by atoms with E-state index in [0.717, 1.165) is 18.4 Å². The Labute approximate surface area is 195 Å². The topological polar surface area (TPSA) is 43.7 Å². The Hall–Kier alpha value is -1.42. The normalized spacial score (nSPS) is 29.0. The summed E-state index contributed by atoms with van der Waals surface area (Å²) in [6.07, 6.45) is 17.8. The summed E-state index contributed by atoms with van der Waals surface area (Å²) in [6.45, 7) is 6.02. The van der Waals surface area contributed by atoms with E-state index in [0.29, 0.717) is 18.3 Å². The minimum Gasteiger partial charge on any atom is -0.392 e. The smallest absolute Gasteiger partial charge is 0.0761 e. The molecular weight excluding hydrogens is 394 g/mol. The number of rotatable bonds is 11. The number of hydrogen-bond acceptors (Lipinski definition) is 3. The van der Waals surface area contributed by atoms with Crippen molar-refractivity contribution in [2.24, 2.45) is 17.8 Å². The number of unbranched alkanes of at least 4 members (excludes halogenated alkanes) is 3. The van der Waals surface area contributed by atoms with Gasteiger partial charge >= 0.3 is 0 Å². The van der Waals surface area contributed by atoms with Gasteiger partial charge in [-0.1, -0.05) is 66.5 Å². The van der Waals surface area contributed by atoms with Crippen LogP contribution < -0.4 is 0 Å². The van der Waals surface area contributed by atoms with Crippen molar-refractivity contribution >= 4 is 0 Å². The molecule has 0 aromatic heterocycles. The monoisotopic (exact) mass is 437 g/mol. The van der Waals surface area contributed by atoms with Crippen LogP contribution in [0.4, 0.5) is 0 Å². The van der Waals surface area contributed by atoms with E-state index in [1.165, 1.54) is 70.1 Å². The summed E-state index contributed by atoms with van der Waals surface area (Å²) in [4.78, 5) is 2.62. The summed E-state index contributed by atoms with van der Waals surface area (Å²) in [6, 6.07) is 8.34. The fourth-order valence-electron chi connectivity index (χ4n) is 6.24. The number of nitrogens with zero attached hydrogens (tertiary/aromatic N) is 1. The summed E-state index contributed by atoms with van der Waals surface area (Å²) in [7, 11) is 0. The highest BCUT2D eigenvalue weighted by atomic mass is 16.3. The predicted octanol–water partition coefficient (Wildman–Crippen LogP) is 5.44. The Kier molecular flexibility index (Phi) is 8.62. The number of hydrogen-bond donors (Lipinski definition) is 2. The molecule has 2 fully saturated rings. The Balaban J connectivity index is 1.17. The van der Waals surface area contributed by atoms with Crippen LogP contribution in [0.1, 0.15) is 68.9 Å². The van der Waals surface area contributed by atoms with E-state index < -0.39 is 6.10 Å². The van der Waals surface area contributed by atoms with Crippen molar-refractivity contribution in [3.8, 4) is 0 Å². The molecule has 5 atom stereocenters. The maximum Gasteiger partial charge on any atom is 0.0761 e. The number of aliphatic hydroxyl groups excluding tert-OH is 2. The van der Waals surface area contributed by atoms with Crippen molar-refractivity contribution in [1.29, 1.82) is 0 Å². The molecule has 3 heteroatoms. The standard InChI is InChI=1S/C29H43NO2/c1-22-9-8-11-23(17-22)19-26(31)12-13-27-28-20-24(18-25(28)21-29(27)32)10-4-2-3-5-14-30-15-6-7-16-30/h8-9,11-13,17-18,25-29,31-32H,2-7,10,14-16,19-21H2,1H3/b13-12+/t25-,26-,27+,28-,29+/m0/s1. The van der Waals surface area contributed by atoms with Gasteiger partial charge in [-0.05, 0) is 88.9 Å². The van der Waals surface area contributed by atoms with Gasteiger partial charge in [0.15, 0.2) is 0 Å². The summed E-state index contributed by atoms with van der Waals surface area (Å²) in [5.41, 5.74) is 4.01. The molecule has 1 aromatic rings. The zero-order valence-corrected chi connectivity index (χ0v) is 20.0. The molecule has 1 saturated heterocycles. The average Bonchev–Trinajstić information content (AvgIpc) is 3.46. The lowest BCUT2D eigenvalue weighted by molar-refractivity contribution is 0.140. The number of fused-ring (bicyclic) bond motifs is 1. The third kappa shape index (κ3) is 6.56. The second-order valence-corrected chi connectivity index (χ2v) is 10.6. The van der Waals surface area contributed by atoms with Crippen molar-refractivity contribution in [3.63, 3.8) is 0 Å². The molecule has 0 spiro atoms. The third-order valence-electron chi connectivity index (χ3n) is 7.95. The van der Waals surface area contributed by atoms with E-state index in [2.05, 4.69) is 42.2 Å². The quantitative estimate of drug-likeness (QED) is 0.358. The van der Waals surface area contributed by atoms with Crippen LogP contribution in [0.15, 0.2) is 48.1 Å². The van der Waals surface area contributed by atoms with E-state index in [9.17, 15) is 10.2 Å². The average molecular weight is 438 g/mol. The van der Waals surface area contributed by atoms with Crippen molar-refractivity contribution < 1.29 is 10.2 Å². The molecule has 32 heavy (non-hydrogen) atoms. The van der Waals surface area contributed by atoms with E-state index >= 15 is 0 Å². The number of aryl methyl sites for hydroxylation is 1. The van der Waals surface area contributed by atoms with Gasteiger partial charge in [0.2, 0.25) is 0 Å². The van der Waals surface area contributed by atoms with Crippen molar-refractivity contribution in [3.05, 3.63) is 59.2 Å². The van der Waals surface area contributed by atoms with E-state index in [-0.39, 0.29) is 12.0 Å². The van der Waals surface area contributed by atoms with E-state index in [1.807, 2.05) is 12.1 Å². The Bertz CT molecular complexity index is 779. The lowest BCUT2D eigenvalue weighted by atomic mass is 9.88. The molecule has 176 valence electrons. The van der Waals surface area contributed by atoms with Gasteiger partial charge in [-0.2, -0.15) is 0 Å². The highest BCUT2D eigenvalue weighted by Gasteiger charge is 2.43. The fraction of sp³-hybridized carbons (Fsp3) is 0.655. The van der Waals surface area contributed by atoms with Crippen LogP contribution in [0, 0.1) is 24.7 Å². The molecule has 3 nitrogen and oxygen atoms in total. The van der Waals surface area contributed by atoms with Crippen molar-refractivity contribution in [1.82, 2.24) is 4.90 Å². The lowest BCUT2D eigenvalue weighted by Gasteiger charge is -2.19. The zero-order chi connectivity index (χ0) is 22.3.